The number of carbonyl (C=O) groups is 3. The molecule has 0 aliphatic carbocycles. The van der Waals surface area contributed by atoms with Gasteiger partial charge in [0, 0.05) is 7.05 Å². The first-order valence-corrected chi connectivity index (χ1v) is 9.61. The average Bonchev–Trinajstić information content (AvgIpc) is 2.72. The molecular formula is C22H24F3N3O3. The van der Waals surface area contributed by atoms with Crippen molar-refractivity contribution in [1.82, 2.24) is 10.2 Å². The number of hydrogen-bond acceptors (Lipinski definition) is 3. The van der Waals surface area contributed by atoms with Crippen LogP contribution in [0.15, 0.2) is 42.5 Å². The van der Waals surface area contributed by atoms with Crippen LogP contribution >= 0.6 is 0 Å². The lowest BCUT2D eigenvalue weighted by Gasteiger charge is -2.27. The van der Waals surface area contributed by atoms with Gasteiger partial charge in [0.15, 0.2) is 17.5 Å². The van der Waals surface area contributed by atoms with Crippen LogP contribution in [0.25, 0.3) is 0 Å². The van der Waals surface area contributed by atoms with Gasteiger partial charge in [-0.25, -0.2) is 13.2 Å². The molecule has 2 aromatic rings. The van der Waals surface area contributed by atoms with Crippen LogP contribution in [-0.4, -0.2) is 42.3 Å². The zero-order chi connectivity index (χ0) is 23.1. The summed E-state index contributed by atoms with van der Waals surface area (Å²) in [5.41, 5.74) is 0.248. The third-order valence-electron chi connectivity index (χ3n) is 4.52. The van der Waals surface area contributed by atoms with Gasteiger partial charge in [-0.3, -0.25) is 14.4 Å². The molecule has 2 rings (SSSR count). The maximum atomic E-state index is 13.7. The molecule has 0 aliphatic heterocycles. The van der Waals surface area contributed by atoms with E-state index in [1.165, 1.54) is 7.05 Å². The first kappa shape index (κ1) is 23.9. The van der Waals surface area contributed by atoms with Crippen LogP contribution in [0.5, 0.6) is 0 Å². The summed E-state index contributed by atoms with van der Waals surface area (Å²) in [6.07, 6.45) is 0.0942. The van der Waals surface area contributed by atoms with Crippen molar-refractivity contribution in [3.8, 4) is 0 Å². The Balaban J connectivity index is 1.99. The maximum absolute atomic E-state index is 13.7. The minimum absolute atomic E-state index is 0.0942. The second kappa shape index (κ2) is 10.6. The number of nitrogens with one attached hydrogen (secondary N) is 2. The molecule has 0 bridgehead atoms. The van der Waals surface area contributed by atoms with Crippen LogP contribution in [0, 0.1) is 23.4 Å². The van der Waals surface area contributed by atoms with Gasteiger partial charge in [0.1, 0.15) is 6.04 Å². The van der Waals surface area contributed by atoms with Gasteiger partial charge in [0.05, 0.1) is 18.7 Å². The molecule has 0 aliphatic rings. The van der Waals surface area contributed by atoms with Crippen LogP contribution in [0.3, 0.4) is 0 Å². The molecule has 1 unspecified atom stereocenters. The summed E-state index contributed by atoms with van der Waals surface area (Å²) in [4.78, 5) is 38.3. The smallest absolute Gasteiger partial charge is 0.245 e. The lowest BCUT2D eigenvalue weighted by atomic mass is 10.0. The Kier molecular flexibility index (Phi) is 8.18. The fourth-order valence-corrected chi connectivity index (χ4v) is 2.86. The normalized spacial score (nSPS) is 11.7. The standard InChI is InChI=1S/C22H24F3N3O3/c1-13(2)21(27-17(29)11-14-7-5-4-6-8-14)22(31)28(3)12-18(30)26-16-10-9-15(23)19(24)20(16)25/h4-10,13,21H,11-12H2,1-3H3,(H,26,30)(H,27,29). The number of carbonyl (C=O) groups excluding carboxylic acids is 3. The molecule has 31 heavy (non-hydrogen) atoms. The largest absolute Gasteiger partial charge is 0.344 e. The summed E-state index contributed by atoms with van der Waals surface area (Å²) in [6.45, 7) is 3.01. The molecule has 9 heteroatoms. The molecule has 6 nitrogen and oxygen atoms in total. The van der Waals surface area contributed by atoms with E-state index in [1.807, 2.05) is 6.07 Å². The molecule has 0 radical (unpaired) electrons. The Bertz CT molecular complexity index is 952. The van der Waals surface area contributed by atoms with E-state index in [-0.39, 0.29) is 18.2 Å². The van der Waals surface area contributed by atoms with E-state index in [9.17, 15) is 27.6 Å². The van der Waals surface area contributed by atoms with Crippen molar-refractivity contribution in [3.63, 3.8) is 0 Å². The molecule has 0 saturated carbocycles. The Hall–Kier alpha value is -3.36. The number of rotatable bonds is 8. The lowest BCUT2D eigenvalue weighted by molar-refractivity contribution is -0.138. The molecular weight excluding hydrogens is 411 g/mol. The van der Waals surface area contributed by atoms with Crippen molar-refractivity contribution in [2.45, 2.75) is 26.3 Å². The van der Waals surface area contributed by atoms with Crippen LogP contribution in [0.4, 0.5) is 18.9 Å². The van der Waals surface area contributed by atoms with Gasteiger partial charge < -0.3 is 15.5 Å². The van der Waals surface area contributed by atoms with Crippen LogP contribution in [0.2, 0.25) is 0 Å². The summed E-state index contributed by atoms with van der Waals surface area (Å²) < 4.78 is 40.0. The number of anilines is 1. The molecule has 2 N–H and O–H groups in total. The molecule has 0 spiro atoms. The predicted octanol–water partition coefficient (Wildman–Crippen LogP) is 2.88. The third kappa shape index (κ3) is 6.56. The number of amides is 3. The lowest BCUT2D eigenvalue weighted by Crippen LogP contribution is -2.51. The Morgan fingerprint density at radius 1 is 0.935 bits per heavy atom. The Morgan fingerprint density at radius 3 is 2.19 bits per heavy atom. The van der Waals surface area contributed by atoms with Gasteiger partial charge in [0.2, 0.25) is 17.7 Å². The molecule has 1 atom stereocenters. The first-order chi connectivity index (χ1) is 14.6. The van der Waals surface area contributed by atoms with Crippen molar-refractivity contribution in [2.75, 3.05) is 18.9 Å². The number of nitrogens with zero attached hydrogens (tertiary/aromatic N) is 1. The summed E-state index contributed by atoms with van der Waals surface area (Å²) >= 11 is 0. The van der Waals surface area contributed by atoms with Crippen molar-refractivity contribution in [1.29, 1.82) is 0 Å². The van der Waals surface area contributed by atoms with Crippen molar-refractivity contribution < 1.29 is 27.6 Å². The van der Waals surface area contributed by atoms with E-state index in [0.29, 0.717) is 6.07 Å². The number of halogens is 3. The molecule has 3 amide bonds. The molecule has 0 aromatic heterocycles. The highest BCUT2D eigenvalue weighted by Gasteiger charge is 2.28. The van der Waals surface area contributed by atoms with Gasteiger partial charge in [-0.2, -0.15) is 0 Å². The summed E-state index contributed by atoms with van der Waals surface area (Å²) in [5, 5.41) is 4.78. The van der Waals surface area contributed by atoms with Crippen LogP contribution in [0.1, 0.15) is 19.4 Å². The fourth-order valence-electron chi connectivity index (χ4n) is 2.86. The minimum atomic E-state index is -1.71. The summed E-state index contributed by atoms with van der Waals surface area (Å²) in [5.74, 6) is -6.55. The SMILES string of the molecule is CC(C)C(NC(=O)Cc1ccccc1)C(=O)N(C)CC(=O)Nc1ccc(F)c(F)c1F. The van der Waals surface area contributed by atoms with E-state index in [2.05, 4.69) is 10.6 Å². The molecule has 166 valence electrons. The monoisotopic (exact) mass is 435 g/mol. The molecule has 0 heterocycles. The molecule has 0 fully saturated rings. The van der Waals surface area contributed by atoms with Gasteiger partial charge in [-0.15, -0.1) is 0 Å². The second-order valence-electron chi connectivity index (χ2n) is 7.42. The highest BCUT2D eigenvalue weighted by Crippen LogP contribution is 2.19. The van der Waals surface area contributed by atoms with Crippen molar-refractivity contribution in [2.24, 2.45) is 5.92 Å². The summed E-state index contributed by atoms with van der Waals surface area (Å²) in [7, 11) is 1.35. The van der Waals surface area contributed by atoms with Crippen LogP contribution < -0.4 is 10.6 Å². The fraction of sp³-hybridized carbons (Fsp3) is 0.318. The van der Waals surface area contributed by atoms with E-state index < -0.39 is 47.5 Å². The number of benzene rings is 2. The zero-order valence-corrected chi connectivity index (χ0v) is 17.4. The number of likely N-dealkylation sites (N-methyl/N-ethyl adjacent to an activating group) is 1. The van der Waals surface area contributed by atoms with Gasteiger partial charge >= 0.3 is 0 Å². The van der Waals surface area contributed by atoms with Crippen molar-refractivity contribution >= 4 is 23.4 Å². The third-order valence-corrected chi connectivity index (χ3v) is 4.52. The van der Waals surface area contributed by atoms with Gasteiger partial charge in [-0.1, -0.05) is 44.2 Å². The maximum Gasteiger partial charge on any atom is 0.245 e. The quantitative estimate of drug-likeness (QED) is 0.626. The zero-order valence-electron chi connectivity index (χ0n) is 17.4. The highest BCUT2D eigenvalue weighted by atomic mass is 19.2. The average molecular weight is 435 g/mol. The Labute approximate surface area is 178 Å². The molecule has 2 aromatic carbocycles. The summed E-state index contributed by atoms with van der Waals surface area (Å²) in [6, 6.07) is 9.70. The molecule has 0 saturated heterocycles. The minimum Gasteiger partial charge on any atom is -0.344 e. The predicted molar refractivity (Wildman–Crippen MR) is 109 cm³/mol. The first-order valence-electron chi connectivity index (χ1n) is 9.61. The number of hydrogen-bond donors (Lipinski definition) is 2. The van der Waals surface area contributed by atoms with Crippen molar-refractivity contribution in [3.05, 3.63) is 65.5 Å². The van der Waals surface area contributed by atoms with E-state index in [0.717, 1.165) is 16.5 Å². The van der Waals surface area contributed by atoms with Crippen LogP contribution in [-0.2, 0) is 20.8 Å². The topological polar surface area (TPSA) is 78.5 Å². The second-order valence-corrected chi connectivity index (χ2v) is 7.42. The van der Waals surface area contributed by atoms with E-state index in [1.54, 1.807) is 38.1 Å². The Morgan fingerprint density at radius 2 is 1.58 bits per heavy atom. The van der Waals surface area contributed by atoms with E-state index >= 15 is 0 Å². The van der Waals surface area contributed by atoms with E-state index in [4.69, 9.17) is 0 Å². The van der Waals surface area contributed by atoms with Gasteiger partial charge in [-0.05, 0) is 23.6 Å². The highest BCUT2D eigenvalue weighted by molar-refractivity contribution is 5.96. The van der Waals surface area contributed by atoms with Gasteiger partial charge in [0.25, 0.3) is 0 Å².